The van der Waals surface area contributed by atoms with Gasteiger partial charge in [-0.1, -0.05) is 12.1 Å². The summed E-state index contributed by atoms with van der Waals surface area (Å²) in [7, 11) is 0. The van der Waals surface area contributed by atoms with E-state index in [4.69, 9.17) is 5.26 Å². The van der Waals surface area contributed by atoms with E-state index in [1.165, 1.54) is 6.07 Å². The van der Waals surface area contributed by atoms with E-state index >= 15 is 0 Å². The van der Waals surface area contributed by atoms with Crippen molar-refractivity contribution in [2.45, 2.75) is 13.5 Å². The van der Waals surface area contributed by atoms with E-state index in [0.717, 1.165) is 15.7 Å². The maximum atomic E-state index is 10.9. The highest BCUT2D eigenvalue weighted by Crippen LogP contribution is 2.26. The molecule has 0 atom stereocenters. The molecule has 6 heteroatoms. The van der Waals surface area contributed by atoms with Crippen molar-refractivity contribution in [1.29, 1.82) is 5.26 Å². The summed E-state index contributed by atoms with van der Waals surface area (Å²) in [5.74, 6) is 0. The van der Waals surface area contributed by atoms with Gasteiger partial charge in [0.1, 0.15) is 0 Å². The lowest BCUT2D eigenvalue weighted by atomic mass is 10.1. The number of nitriles is 1. The zero-order valence-corrected chi connectivity index (χ0v) is 12.8. The molecule has 2 rings (SSSR count). The Kier molecular flexibility index (Phi) is 4.55. The molecular weight excluding hydrogens is 334 g/mol. The number of hydrogen-bond acceptors (Lipinski definition) is 4. The van der Waals surface area contributed by atoms with Crippen LogP contribution in [0.25, 0.3) is 0 Å². The molecule has 0 fully saturated rings. The van der Waals surface area contributed by atoms with Crippen molar-refractivity contribution in [3.63, 3.8) is 0 Å². The Balaban J connectivity index is 2.19. The smallest absolute Gasteiger partial charge is 0.272 e. The molecule has 0 saturated carbocycles. The number of hydrogen-bond donors (Lipinski definition) is 1. The molecule has 5 nitrogen and oxygen atoms in total. The number of anilines is 1. The number of rotatable bonds is 4. The average Bonchev–Trinajstić information content (AvgIpc) is 2.46. The fourth-order valence-electron chi connectivity index (χ4n) is 1.98. The summed E-state index contributed by atoms with van der Waals surface area (Å²) in [5.41, 5.74) is 3.03. The monoisotopic (exact) mass is 345 g/mol. The third kappa shape index (κ3) is 3.38. The standard InChI is InChI=1S/C15H12BrN3O2/c1-10-12(3-2-4-15(10)19(20)21)9-18-14-6-5-11(8-17)7-13(14)16/h2-7,18H,9H2,1H3. The normalized spacial score (nSPS) is 9.95. The van der Waals surface area contributed by atoms with Gasteiger partial charge in [-0.15, -0.1) is 0 Å². The molecule has 0 heterocycles. The molecule has 106 valence electrons. The van der Waals surface area contributed by atoms with E-state index in [1.807, 2.05) is 6.07 Å². The van der Waals surface area contributed by atoms with Crippen LogP contribution in [0.1, 0.15) is 16.7 Å². The minimum Gasteiger partial charge on any atom is -0.380 e. The first kappa shape index (κ1) is 15.0. The Morgan fingerprint density at radius 1 is 1.38 bits per heavy atom. The largest absolute Gasteiger partial charge is 0.380 e. The maximum absolute atomic E-state index is 10.9. The lowest BCUT2D eigenvalue weighted by Gasteiger charge is -2.11. The average molecular weight is 346 g/mol. The zero-order chi connectivity index (χ0) is 15.4. The fraction of sp³-hybridized carbons (Fsp3) is 0.133. The second-order valence-electron chi connectivity index (χ2n) is 4.48. The second kappa shape index (κ2) is 6.37. The molecule has 0 aliphatic carbocycles. The first-order chi connectivity index (χ1) is 10.0. The van der Waals surface area contributed by atoms with E-state index in [2.05, 4.69) is 27.3 Å². The quantitative estimate of drug-likeness (QED) is 0.666. The van der Waals surface area contributed by atoms with Gasteiger partial charge in [0.25, 0.3) is 5.69 Å². The van der Waals surface area contributed by atoms with Crippen molar-refractivity contribution in [3.8, 4) is 6.07 Å². The van der Waals surface area contributed by atoms with Crippen molar-refractivity contribution in [2.75, 3.05) is 5.32 Å². The van der Waals surface area contributed by atoms with Gasteiger partial charge in [-0.3, -0.25) is 10.1 Å². The van der Waals surface area contributed by atoms with E-state index in [0.29, 0.717) is 17.7 Å². The summed E-state index contributed by atoms with van der Waals surface area (Å²) < 4.78 is 0.782. The first-order valence-electron chi connectivity index (χ1n) is 6.19. The van der Waals surface area contributed by atoms with Crippen molar-refractivity contribution < 1.29 is 4.92 Å². The molecule has 0 aliphatic heterocycles. The first-order valence-corrected chi connectivity index (χ1v) is 6.98. The minimum atomic E-state index is -0.379. The fourth-order valence-corrected chi connectivity index (χ4v) is 2.50. The predicted molar refractivity (Wildman–Crippen MR) is 84.0 cm³/mol. The van der Waals surface area contributed by atoms with Gasteiger partial charge in [-0.2, -0.15) is 5.26 Å². The minimum absolute atomic E-state index is 0.119. The highest BCUT2D eigenvalue weighted by atomic mass is 79.9. The molecule has 2 aromatic rings. The van der Waals surface area contributed by atoms with Crippen molar-refractivity contribution >= 4 is 27.3 Å². The lowest BCUT2D eigenvalue weighted by Crippen LogP contribution is -2.04. The molecule has 1 N–H and O–H groups in total. The van der Waals surface area contributed by atoms with Gasteiger partial charge < -0.3 is 5.32 Å². The third-order valence-electron chi connectivity index (χ3n) is 3.18. The molecule has 0 saturated heterocycles. The van der Waals surface area contributed by atoms with Crippen molar-refractivity contribution in [3.05, 3.63) is 67.7 Å². The van der Waals surface area contributed by atoms with Gasteiger partial charge >= 0.3 is 0 Å². The van der Waals surface area contributed by atoms with E-state index in [1.54, 1.807) is 31.2 Å². The Bertz CT molecular complexity index is 738. The molecule has 0 aliphatic rings. The second-order valence-corrected chi connectivity index (χ2v) is 5.33. The van der Waals surface area contributed by atoms with E-state index in [9.17, 15) is 10.1 Å². The SMILES string of the molecule is Cc1c(CNc2ccc(C#N)cc2Br)cccc1[N+](=O)[O-]. The maximum Gasteiger partial charge on any atom is 0.272 e. The van der Waals surface area contributed by atoms with Gasteiger partial charge in [0.05, 0.1) is 16.6 Å². The van der Waals surface area contributed by atoms with Crippen LogP contribution in [0.3, 0.4) is 0 Å². The molecule has 2 aromatic carbocycles. The van der Waals surface area contributed by atoms with Crippen LogP contribution in [-0.2, 0) is 6.54 Å². The molecule has 0 aromatic heterocycles. The topological polar surface area (TPSA) is 79.0 Å². The number of nitrogens with zero attached hydrogens (tertiary/aromatic N) is 2. The number of nitro benzene ring substituents is 1. The Morgan fingerprint density at radius 3 is 2.76 bits per heavy atom. The van der Waals surface area contributed by atoms with Crippen LogP contribution in [0.5, 0.6) is 0 Å². The molecule has 0 amide bonds. The van der Waals surface area contributed by atoms with Crippen LogP contribution in [0, 0.1) is 28.4 Å². The van der Waals surface area contributed by atoms with Crippen LogP contribution in [0.2, 0.25) is 0 Å². The van der Waals surface area contributed by atoms with Gasteiger partial charge in [0.2, 0.25) is 0 Å². The van der Waals surface area contributed by atoms with E-state index < -0.39 is 0 Å². The molecular formula is C15H12BrN3O2. The van der Waals surface area contributed by atoms with Crippen LogP contribution in [0.15, 0.2) is 40.9 Å². The molecule has 0 spiro atoms. The van der Waals surface area contributed by atoms with Crippen molar-refractivity contribution in [1.82, 2.24) is 0 Å². The Morgan fingerprint density at radius 2 is 2.14 bits per heavy atom. The lowest BCUT2D eigenvalue weighted by molar-refractivity contribution is -0.385. The molecule has 0 bridgehead atoms. The summed E-state index contributed by atoms with van der Waals surface area (Å²) in [4.78, 5) is 10.5. The third-order valence-corrected chi connectivity index (χ3v) is 3.84. The van der Waals surface area contributed by atoms with Crippen molar-refractivity contribution in [2.24, 2.45) is 0 Å². The van der Waals surface area contributed by atoms with Gasteiger partial charge in [0, 0.05) is 28.3 Å². The number of nitro groups is 1. The summed E-state index contributed by atoms with van der Waals surface area (Å²) in [6, 6.07) is 12.3. The molecule has 21 heavy (non-hydrogen) atoms. The summed E-state index contributed by atoms with van der Waals surface area (Å²) in [5, 5.41) is 23.0. The van der Waals surface area contributed by atoms with Crippen LogP contribution >= 0.6 is 15.9 Å². The Labute approximate surface area is 130 Å². The van der Waals surface area contributed by atoms with Gasteiger partial charge in [0.15, 0.2) is 0 Å². The number of halogens is 1. The van der Waals surface area contributed by atoms with Crippen LogP contribution in [-0.4, -0.2) is 4.92 Å². The highest BCUT2D eigenvalue weighted by molar-refractivity contribution is 9.10. The highest BCUT2D eigenvalue weighted by Gasteiger charge is 2.13. The van der Waals surface area contributed by atoms with Crippen LogP contribution in [0.4, 0.5) is 11.4 Å². The summed E-state index contributed by atoms with van der Waals surface area (Å²) >= 11 is 3.40. The van der Waals surface area contributed by atoms with Crippen LogP contribution < -0.4 is 5.32 Å². The number of benzene rings is 2. The number of nitrogens with one attached hydrogen (secondary N) is 1. The Hall–Kier alpha value is -2.39. The van der Waals surface area contributed by atoms with Gasteiger partial charge in [-0.05, 0) is 46.6 Å². The van der Waals surface area contributed by atoms with E-state index in [-0.39, 0.29) is 10.6 Å². The predicted octanol–water partition coefficient (Wildman–Crippen LogP) is 4.15. The summed E-state index contributed by atoms with van der Waals surface area (Å²) in [6.45, 7) is 2.21. The van der Waals surface area contributed by atoms with Gasteiger partial charge in [-0.25, -0.2) is 0 Å². The zero-order valence-electron chi connectivity index (χ0n) is 11.3. The summed E-state index contributed by atoms with van der Waals surface area (Å²) in [6.07, 6.45) is 0. The molecule has 0 radical (unpaired) electrons. The molecule has 0 unspecified atom stereocenters.